The molecule has 0 saturated heterocycles. The number of rotatable bonds is 7. The Morgan fingerprint density at radius 2 is 1.04 bits per heavy atom. The largest absolute Gasteiger partial charge is 0.251 e. The van der Waals surface area contributed by atoms with Crippen LogP contribution in [0.3, 0.4) is 0 Å². The van der Waals surface area contributed by atoms with E-state index in [0.717, 1.165) is 12.6 Å². The summed E-state index contributed by atoms with van der Waals surface area (Å²) in [5, 5.41) is 4.20. The summed E-state index contributed by atoms with van der Waals surface area (Å²) in [6.07, 6.45) is 2.54. The zero-order valence-corrected chi connectivity index (χ0v) is 17.5. The minimum atomic E-state index is -1.83. The maximum Gasteiger partial charge on any atom is 0.112 e. The summed E-state index contributed by atoms with van der Waals surface area (Å²) in [5.74, 6) is 0. The van der Waals surface area contributed by atoms with E-state index in [4.69, 9.17) is 0 Å². The van der Waals surface area contributed by atoms with Crippen LogP contribution in [-0.2, 0) is 0 Å². The fraction of sp³-hybridized carbons (Fsp3) is 0.280. The van der Waals surface area contributed by atoms with E-state index in [1.54, 1.807) is 0 Å². The van der Waals surface area contributed by atoms with Crippen LogP contribution in [0, 0.1) is 20.8 Å². The number of hydrogen-bond acceptors (Lipinski definition) is 0. The highest BCUT2D eigenvalue weighted by Crippen LogP contribution is 2.56. The lowest BCUT2D eigenvalue weighted by Crippen LogP contribution is -2.34. The van der Waals surface area contributed by atoms with Crippen molar-refractivity contribution in [3.05, 3.63) is 89.5 Å². The van der Waals surface area contributed by atoms with Gasteiger partial charge in [-0.15, -0.1) is 0 Å². The molecule has 0 fully saturated rings. The fourth-order valence-electron chi connectivity index (χ4n) is 3.87. The van der Waals surface area contributed by atoms with Crippen LogP contribution in [0.1, 0.15) is 29.5 Å². The van der Waals surface area contributed by atoms with Gasteiger partial charge in [0.1, 0.15) is 23.2 Å². The quantitative estimate of drug-likeness (QED) is 0.368. The first-order valence-electron chi connectivity index (χ1n) is 9.72. The first-order valence-corrected chi connectivity index (χ1v) is 11.7. The van der Waals surface area contributed by atoms with E-state index in [1.165, 1.54) is 32.6 Å². The molecule has 0 aromatic heterocycles. The Kier molecular flexibility index (Phi) is 6.45. The molecule has 3 aromatic carbocycles. The van der Waals surface area contributed by atoms with Crippen LogP contribution >= 0.6 is 7.26 Å². The summed E-state index contributed by atoms with van der Waals surface area (Å²) in [6, 6.07) is 26.8. The molecular weight excluding hydrogens is 349 g/mol. The van der Waals surface area contributed by atoms with E-state index in [0.29, 0.717) is 6.42 Å². The monoisotopic (exact) mass is 378 g/mol. The van der Waals surface area contributed by atoms with Crippen LogP contribution < -0.4 is 15.9 Å². The van der Waals surface area contributed by atoms with Gasteiger partial charge < -0.3 is 0 Å². The highest BCUT2D eigenvalue weighted by Gasteiger charge is 2.44. The van der Waals surface area contributed by atoms with Crippen LogP contribution in [0.2, 0.25) is 0 Å². The summed E-state index contributed by atoms with van der Waals surface area (Å²) in [6.45, 7) is 6.24. The molecule has 0 atom stereocenters. The first kappa shape index (κ1) is 19.8. The molecular formula is C25H29FP+. The van der Waals surface area contributed by atoms with E-state index in [1.807, 2.05) is 0 Å². The molecule has 0 unspecified atom stereocenters. The van der Waals surface area contributed by atoms with Crippen molar-refractivity contribution in [3.63, 3.8) is 0 Å². The Labute approximate surface area is 163 Å². The van der Waals surface area contributed by atoms with Crippen LogP contribution in [0.4, 0.5) is 4.39 Å². The van der Waals surface area contributed by atoms with E-state index in [2.05, 4.69) is 93.6 Å². The predicted molar refractivity (Wildman–Crippen MR) is 119 cm³/mol. The van der Waals surface area contributed by atoms with Crippen LogP contribution in [0.5, 0.6) is 0 Å². The molecule has 3 aromatic rings. The third-order valence-corrected chi connectivity index (χ3v) is 9.67. The molecule has 0 aliphatic carbocycles. The van der Waals surface area contributed by atoms with Crippen LogP contribution in [-0.4, -0.2) is 12.8 Å². The van der Waals surface area contributed by atoms with Crippen molar-refractivity contribution >= 4 is 23.2 Å². The third kappa shape index (κ3) is 4.30. The molecule has 0 amide bonds. The van der Waals surface area contributed by atoms with Gasteiger partial charge in [-0.05, 0) is 86.7 Å². The molecule has 140 valence electrons. The first-order chi connectivity index (χ1) is 13.1. The standard InChI is InChI=1S/C25H29FP/c1-20-9-6-12-23(17-20)27(16-5-4-15-26,24-13-7-10-21(2)18-24)25-14-8-11-22(3)19-25/h6-14,17-19H,4-5,15-16H2,1-3H3/q+1/i26-1. The van der Waals surface area contributed by atoms with Crippen LogP contribution in [0.25, 0.3) is 0 Å². The van der Waals surface area contributed by atoms with Crippen molar-refractivity contribution in [1.82, 2.24) is 0 Å². The predicted octanol–water partition coefficient (Wildman–Crippen LogP) is 5.66. The van der Waals surface area contributed by atoms with E-state index in [-0.39, 0.29) is 6.67 Å². The number of alkyl halides is 1. The Bertz CT molecular complexity index is 789. The molecule has 0 spiro atoms. The summed E-state index contributed by atoms with van der Waals surface area (Å²) < 4.78 is 13.0. The maximum absolute atomic E-state index is 13.0. The molecule has 0 heterocycles. The highest BCUT2D eigenvalue weighted by atomic mass is 31.2. The molecule has 0 nitrogen and oxygen atoms in total. The summed E-state index contributed by atoms with van der Waals surface area (Å²) in [5.41, 5.74) is 3.84. The normalized spacial score (nSPS) is 11.6. The van der Waals surface area contributed by atoms with E-state index in [9.17, 15) is 4.39 Å². The minimum absolute atomic E-state index is 0.241. The van der Waals surface area contributed by atoms with Crippen molar-refractivity contribution in [2.75, 3.05) is 12.8 Å². The van der Waals surface area contributed by atoms with Gasteiger partial charge in [-0.3, -0.25) is 4.39 Å². The molecule has 0 aliphatic rings. The number of halogens is 1. The zero-order chi connectivity index (χ0) is 19.3. The number of hydrogen-bond donors (Lipinski definition) is 0. The zero-order valence-electron chi connectivity index (χ0n) is 16.6. The Morgan fingerprint density at radius 3 is 1.37 bits per heavy atom. The van der Waals surface area contributed by atoms with Crippen LogP contribution in [0.15, 0.2) is 72.8 Å². The molecule has 27 heavy (non-hydrogen) atoms. The topological polar surface area (TPSA) is 0 Å². The lowest BCUT2D eigenvalue weighted by Gasteiger charge is -2.28. The Morgan fingerprint density at radius 1 is 0.630 bits per heavy atom. The van der Waals surface area contributed by atoms with Gasteiger partial charge in [0, 0.05) is 0 Å². The smallest absolute Gasteiger partial charge is 0.112 e. The third-order valence-electron chi connectivity index (χ3n) is 5.20. The molecule has 0 radical (unpaired) electrons. The van der Waals surface area contributed by atoms with Gasteiger partial charge in [0.15, 0.2) is 0 Å². The lowest BCUT2D eigenvalue weighted by molar-refractivity contribution is 0.470. The second kappa shape index (κ2) is 8.81. The van der Waals surface area contributed by atoms with Crippen molar-refractivity contribution in [2.24, 2.45) is 0 Å². The van der Waals surface area contributed by atoms with Crippen molar-refractivity contribution in [3.8, 4) is 0 Å². The number of aryl methyl sites for hydroxylation is 3. The van der Waals surface area contributed by atoms with Crippen molar-refractivity contribution in [2.45, 2.75) is 33.6 Å². The minimum Gasteiger partial charge on any atom is -0.251 e. The van der Waals surface area contributed by atoms with Gasteiger partial charge >= 0.3 is 0 Å². The van der Waals surface area contributed by atoms with Gasteiger partial charge in [0.05, 0.1) is 12.8 Å². The fourth-order valence-corrected chi connectivity index (χ4v) is 8.53. The van der Waals surface area contributed by atoms with E-state index < -0.39 is 7.26 Å². The van der Waals surface area contributed by atoms with E-state index >= 15 is 0 Å². The summed E-state index contributed by atoms with van der Waals surface area (Å²) in [4.78, 5) is 0. The van der Waals surface area contributed by atoms with Gasteiger partial charge in [0.25, 0.3) is 0 Å². The average molecular weight is 378 g/mol. The van der Waals surface area contributed by atoms with Crippen molar-refractivity contribution < 1.29 is 4.39 Å². The van der Waals surface area contributed by atoms with Gasteiger partial charge in [-0.2, -0.15) is 0 Å². The maximum atomic E-state index is 13.0. The number of benzene rings is 3. The van der Waals surface area contributed by atoms with Gasteiger partial charge in [-0.1, -0.05) is 36.4 Å². The summed E-state index contributed by atoms with van der Waals surface area (Å²) >= 11 is 0. The Hall–Kier alpha value is -1.98. The Balaban J connectivity index is 2.29. The van der Waals surface area contributed by atoms with Gasteiger partial charge in [-0.25, -0.2) is 0 Å². The van der Waals surface area contributed by atoms with Gasteiger partial charge in [0.2, 0.25) is 0 Å². The molecule has 0 saturated carbocycles. The molecule has 0 N–H and O–H groups in total. The second-order valence-corrected chi connectivity index (χ2v) is 11.1. The van der Waals surface area contributed by atoms with Crippen molar-refractivity contribution in [1.29, 1.82) is 0 Å². The molecule has 2 heteroatoms. The number of unbranched alkanes of at least 4 members (excludes halogenated alkanes) is 1. The lowest BCUT2D eigenvalue weighted by atomic mass is 10.2. The molecule has 3 rings (SSSR count). The molecule has 0 bridgehead atoms. The summed E-state index contributed by atoms with van der Waals surface area (Å²) in [7, 11) is -1.83. The highest BCUT2D eigenvalue weighted by molar-refractivity contribution is 7.95. The molecule has 0 aliphatic heterocycles. The SMILES string of the molecule is Cc1cccc([P+](CCCC[18F])(c2cccc(C)c2)c2cccc(C)c2)c1. The average Bonchev–Trinajstić information content (AvgIpc) is 2.65. The second-order valence-electron chi connectivity index (χ2n) is 7.45.